The number of nitrogens with two attached hydrogens (primary N) is 1. The lowest BCUT2D eigenvalue weighted by Gasteiger charge is -2.03. The smallest absolute Gasteiger partial charge is 0.0948 e. The van der Waals surface area contributed by atoms with E-state index in [1.165, 1.54) is 15.4 Å². The number of nitrogens with zero attached hydrogens (tertiary/aromatic N) is 2. The topological polar surface area (TPSA) is 43.8 Å². The quantitative estimate of drug-likeness (QED) is 0.713. The molecule has 1 heterocycles. The second kappa shape index (κ2) is 7.00. The van der Waals surface area contributed by atoms with Crippen molar-refractivity contribution >= 4 is 23.5 Å². The van der Waals surface area contributed by atoms with E-state index < -0.39 is 0 Å². The Kier molecular flexibility index (Phi) is 4.61. The zero-order chi connectivity index (χ0) is 15.2. The van der Waals surface area contributed by atoms with Crippen LogP contribution in [0.5, 0.6) is 0 Å². The summed E-state index contributed by atoms with van der Waals surface area (Å²) in [4.78, 5) is 6.43. The highest BCUT2D eigenvalue weighted by Crippen LogP contribution is 2.28. The SMILES string of the molecule is Nc1ccc(Sc2ccc(C=CCn3ccnc3)cc2)cc1. The minimum Gasteiger partial charge on any atom is -0.399 e. The van der Waals surface area contributed by atoms with Gasteiger partial charge in [0.1, 0.15) is 0 Å². The minimum atomic E-state index is 0.794. The molecule has 0 aliphatic heterocycles. The van der Waals surface area contributed by atoms with Gasteiger partial charge < -0.3 is 10.3 Å². The molecule has 0 saturated carbocycles. The van der Waals surface area contributed by atoms with Crippen molar-refractivity contribution in [1.29, 1.82) is 0 Å². The van der Waals surface area contributed by atoms with Gasteiger partial charge in [0, 0.05) is 34.4 Å². The van der Waals surface area contributed by atoms with Crippen molar-refractivity contribution in [3.8, 4) is 0 Å². The summed E-state index contributed by atoms with van der Waals surface area (Å²) >= 11 is 1.73. The van der Waals surface area contributed by atoms with Crippen LogP contribution in [0.2, 0.25) is 0 Å². The van der Waals surface area contributed by atoms with Gasteiger partial charge in [-0.1, -0.05) is 36.0 Å². The fraction of sp³-hybridized carbons (Fsp3) is 0.0556. The van der Waals surface area contributed by atoms with Crippen LogP contribution in [-0.4, -0.2) is 9.55 Å². The fourth-order valence-corrected chi connectivity index (χ4v) is 2.84. The molecule has 0 atom stereocenters. The van der Waals surface area contributed by atoms with E-state index in [1.807, 2.05) is 41.4 Å². The van der Waals surface area contributed by atoms with E-state index in [2.05, 4.69) is 41.4 Å². The molecule has 1 aromatic heterocycles. The molecule has 0 amide bonds. The standard InChI is InChI=1S/C18H17N3S/c19-16-5-9-18(10-6-16)22-17-7-3-15(4-8-17)2-1-12-21-13-11-20-14-21/h1-11,13-14H,12,19H2. The molecule has 0 spiro atoms. The van der Waals surface area contributed by atoms with Gasteiger partial charge in [0.05, 0.1) is 6.33 Å². The number of nitrogen functional groups attached to an aromatic ring is 1. The molecule has 110 valence electrons. The van der Waals surface area contributed by atoms with Gasteiger partial charge in [-0.15, -0.1) is 0 Å². The molecule has 0 saturated heterocycles. The van der Waals surface area contributed by atoms with Gasteiger partial charge in [0.15, 0.2) is 0 Å². The normalized spacial score (nSPS) is 11.1. The second-order valence-electron chi connectivity index (χ2n) is 4.90. The van der Waals surface area contributed by atoms with Crippen LogP contribution >= 0.6 is 11.8 Å². The second-order valence-corrected chi connectivity index (χ2v) is 6.05. The van der Waals surface area contributed by atoms with E-state index in [0.29, 0.717) is 0 Å². The monoisotopic (exact) mass is 307 g/mol. The number of allylic oxidation sites excluding steroid dienone is 1. The average molecular weight is 307 g/mol. The van der Waals surface area contributed by atoms with E-state index in [0.717, 1.165) is 12.2 Å². The van der Waals surface area contributed by atoms with Gasteiger partial charge in [0.2, 0.25) is 0 Å². The Morgan fingerprint density at radius 3 is 2.32 bits per heavy atom. The molecule has 0 radical (unpaired) electrons. The summed E-state index contributed by atoms with van der Waals surface area (Å²) < 4.78 is 2.03. The van der Waals surface area contributed by atoms with E-state index in [9.17, 15) is 0 Å². The summed E-state index contributed by atoms with van der Waals surface area (Å²) in [6.07, 6.45) is 9.81. The third-order valence-corrected chi connectivity index (χ3v) is 4.20. The molecule has 3 nitrogen and oxygen atoms in total. The summed E-state index contributed by atoms with van der Waals surface area (Å²) in [7, 11) is 0. The molecule has 3 rings (SSSR count). The molecular formula is C18H17N3S. The molecule has 4 heteroatoms. The van der Waals surface area contributed by atoms with Crippen LogP contribution in [0, 0.1) is 0 Å². The highest BCUT2D eigenvalue weighted by Gasteiger charge is 1.97. The van der Waals surface area contributed by atoms with Gasteiger partial charge in [-0.3, -0.25) is 0 Å². The van der Waals surface area contributed by atoms with Crippen molar-refractivity contribution in [1.82, 2.24) is 9.55 Å². The largest absolute Gasteiger partial charge is 0.399 e. The first-order chi connectivity index (χ1) is 10.8. The lowest BCUT2D eigenvalue weighted by Crippen LogP contribution is -1.89. The van der Waals surface area contributed by atoms with E-state index in [1.54, 1.807) is 18.0 Å². The molecule has 0 unspecified atom stereocenters. The molecule has 22 heavy (non-hydrogen) atoms. The first-order valence-electron chi connectivity index (χ1n) is 7.05. The summed E-state index contributed by atoms with van der Waals surface area (Å²) in [5.41, 5.74) is 7.69. The molecular weight excluding hydrogens is 290 g/mol. The number of imidazole rings is 1. The van der Waals surface area contributed by atoms with Crippen molar-refractivity contribution < 1.29 is 0 Å². The van der Waals surface area contributed by atoms with Crippen LogP contribution in [0.4, 0.5) is 5.69 Å². The maximum atomic E-state index is 5.70. The summed E-state index contributed by atoms with van der Waals surface area (Å²) in [5, 5.41) is 0. The summed E-state index contributed by atoms with van der Waals surface area (Å²) in [6.45, 7) is 0.835. The van der Waals surface area contributed by atoms with Gasteiger partial charge in [-0.05, 0) is 42.0 Å². The molecule has 3 aromatic rings. The molecule has 0 aliphatic rings. The van der Waals surface area contributed by atoms with Crippen LogP contribution in [0.15, 0.2) is 83.1 Å². The summed E-state index contributed by atoms with van der Waals surface area (Å²) in [5.74, 6) is 0. The molecule has 0 fully saturated rings. The highest BCUT2D eigenvalue weighted by molar-refractivity contribution is 7.99. The van der Waals surface area contributed by atoms with Crippen molar-refractivity contribution in [2.75, 3.05) is 5.73 Å². The summed E-state index contributed by atoms with van der Waals surface area (Å²) in [6, 6.07) is 16.5. The van der Waals surface area contributed by atoms with Gasteiger partial charge in [0.25, 0.3) is 0 Å². The third kappa shape index (κ3) is 4.02. The molecule has 0 aliphatic carbocycles. The Bertz CT molecular complexity index is 729. The highest BCUT2D eigenvalue weighted by atomic mass is 32.2. The number of rotatable bonds is 5. The minimum absolute atomic E-state index is 0.794. The third-order valence-electron chi connectivity index (χ3n) is 3.18. The molecule has 2 N–H and O–H groups in total. The lowest BCUT2D eigenvalue weighted by molar-refractivity contribution is 0.823. The Labute approximate surface area is 134 Å². The number of aromatic nitrogens is 2. The Balaban J connectivity index is 1.60. The van der Waals surface area contributed by atoms with Crippen LogP contribution in [0.25, 0.3) is 6.08 Å². The average Bonchev–Trinajstić information content (AvgIpc) is 3.05. The Morgan fingerprint density at radius 2 is 1.68 bits per heavy atom. The lowest BCUT2D eigenvalue weighted by atomic mass is 10.2. The van der Waals surface area contributed by atoms with Crippen LogP contribution in [0.1, 0.15) is 5.56 Å². The predicted molar refractivity (Wildman–Crippen MR) is 92.7 cm³/mol. The maximum absolute atomic E-state index is 5.70. The van der Waals surface area contributed by atoms with Crippen molar-refractivity contribution in [3.63, 3.8) is 0 Å². The van der Waals surface area contributed by atoms with Gasteiger partial charge in [-0.25, -0.2) is 4.98 Å². The zero-order valence-corrected chi connectivity index (χ0v) is 12.9. The fourth-order valence-electron chi connectivity index (χ4n) is 2.02. The van der Waals surface area contributed by atoms with Crippen molar-refractivity contribution in [2.24, 2.45) is 0 Å². The van der Waals surface area contributed by atoms with Crippen molar-refractivity contribution in [3.05, 3.63) is 78.9 Å². The molecule has 2 aromatic carbocycles. The first kappa shape index (κ1) is 14.5. The number of benzene rings is 2. The molecule has 0 bridgehead atoms. The van der Waals surface area contributed by atoms with Gasteiger partial charge >= 0.3 is 0 Å². The number of anilines is 1. The van der Waals surface area contributed by atoms with E-state index in [4.69, 9.17) is 5.73 Å². The zero-order valence-electron chi connectivity index (χ0n) is 12.1. The first-order valence-corrected chi connectivity index (χ1v) is 7.87. The number of hydrogen-bond donors (Lipinski definition) is 1. The van der Waals surface area contributed by atoms with Crippen molar-refractivity contribution in [2.45, 2.75) is 16.3 Å². The van der Waals surface area contributed by atoms with Crippen LogP contribution < -0.4 is 5.73 Å². The predicted octanol–water partition coefficient (Wildman–Crippen LogP) is 4.33. The Hall–Kier alpha value is -2.46. The van der Waals surface area contributed by atoms with E-state index >= 15 is 0 Å². The maximum Gasteiger partial charge on any atom is 0.0948 e. The Morgan fingerprint density at radius 1 is 1.00 bits per heavy atom. The number of hydrogen-bond acceptors (Lipinski definition) is 3. The van der Waals surface area contributed by atoms with Crippen LogP contribution in [0.3, 0.4) is 0 Å². The van der Waals surface area contributed by atoms with E-state index in [-0.39, 0.29) is 0 Å². The van der Waals surface area contributed by atoms with Gasteiger partial charge in [-0.2, -0.15) is 0 Å². The van der Waals surface area contributed by atoms with Crippen LogP contribution in [-0.2, 0) is 6.54 Å².